The van der Waals surface area contributed by atoms with Crippen molar-refractivity contribution in [2.24, 2.45) is 0 Å². The van der Waals surface area contributed by atoms with Gasteiger partial charge in [-0.05, 0) is 29.3 Å². The molecule has 0 bridgehead atoms. The van der Waals surface area contributed by atoms with Crippen LogP contribution in [-0.2, 0) is 0 Å². The number of carboxylic acids is 1. The summed E-state index contributed by atoms with van der Waals surface area (Å²) < 4.78 is 0. The molecule has 0 saturated heterocycles. The molecule has 3 nitrogen and oxygen atoms in total. The topological polar surface area (TPSA) is 53.1 Å². The Hall–Kier alpha value is -1.74. The highest BCUT2D eigenvalue weighted by Crippen LogP contribution is 2.25. The van der Waals surface area contributed by atoms with Crippen LogP contribution in [0.4, 0.5) is 0 Å². The quantitative estimate of drug-likeness (QED) is 0.875. The van der Waals surface area contributed by atoms with Gasteiger partial charge in [0.25, 0.3) is 0 Å². The van der Waals surface area contributed by atoms with E-state index in [9.17, 15) is 4.79 Å². The molecule has 0 amide bonds. The minimum atomic E-state index is -0.945. The van der Waals surface area contributed by atoms with Crippen LogP contribution in [0.3, 0.4) is 0 Å². The van der Waals surface area contributed by atoms with Crippen LogP contribution < -0.4 is 0 Å². The number of benzene rings is 1. The Labute approximate surface area is 104 Å². The Morgan fingerprint density at radius 3 is 2.47 bits per heavy atom. The van der Waals surface area contributed by atoms with Gasteiger partial charge in [-0.1, -0.05) is 30.7 Å². The Balaban J connectivity index is 2.27. The van der Waals surface area contributed by atoms with Gasteiger partial charge in [0.05, 0.1) is 0 Å². The molecule has 0 spiro atoms. The van der Waals surface area contributed by atoms with Crippen molar-refractivity contribution in [3.63, 3.8) is 0 Å². The standard InChI is InChI=1S/C13H12ClNO2/c1-8(9-2-4-11(14)5-3-9)10-6-12(13(16)17)15-7-10/h2-8,15H,1H3,(H,16,17). The minimum absolute atomic E-state index is 0.136. The fourth-order valence-electron chi connectivity index (χ4n) is 1.73. The molecule has 2 N–H and O–H groups in total. The molecular formula is C13H12ClNO2. The third kappa shape index (κ3) is 2.50. The summed E-state index contributed by atoms with van der Waals surface area (Å²) in [6.45, 7) is 2.03. The molecule has 17 heavy (non-hydrogen) atoms. The summed E-state index contributed by atoms with van der Waals surface area (Å²) in [4.78, 5) is 13.5. The highest BCUT2D eigenvalue weighted by atomic mass is 35.5. The van der Waals surface area contributed by atoms with Gasteiger partial charge in [-0.2, -0.15) is 0 Å². The molecule has 0 saturated carbocycles. The third-order valence-corrected chi connectivity index (χ3v) is 3.06. The zero-order chi connectivity index (χ0) is 12.4. The van der Waals surface area contributed by atoms with Crippen molar-refractivity contribution in [2.45, 2.75) is 12.8 Å². The van der Waals surface area contributed by atoms with Crippen molar-refractivity contribution in [3.05, 3.63) is 58.4 Å². The molecule has 0 aliphatic carbocycles. The molecule has 2 rings (SSSR count). The lowest BCUT2D eigenvalue weighted by molar-refractivity contribution is 0.0691. The summed E-state index contributed by atoms with van der Waals surface area (Å²) in [6, 6.07) is 9.21. The number of carboxylic acid groups (broad SMARTS) is 1. The fourth-order valence-corrected chi connectivity index (χ4v) is 1.85. The summed E-state index contributed by atoms with van der Waals surface area (Å²) in [5, 5.41) is 9.53. The van der Waals surface area contributed by atoms with Gasteiger partial charge in [-0.25, -0.2) is 4.79 Å². The van der Waals surface area contributed by atoms with Crippen LogP contribution in [0.1, 0.15) is 34.5 Å². The molecule has 1 aromatic heterocycles. The zero-order valence-corrected chi connectivity index (χ0v) is 10.0. The summed E-state index contributed by atoms with van der Waals surface area (Å²) >= 11 is 5.82. The van der Waals surface area contributed by atoms with Crippen LogP contribution in [-0.4, -0.2) is 16.1 Å². The average molecular weight is 250 g/mol. The molecule has 0 radical (unpaired) electrons. The number of aromatic amines is 1. The molecule has 1 atom stereocenters. The maximum atomic E-state index is 10.8. The zero-order valence-electron chi connectivity index (χ0n) is 9.27. The molecule has 1 unspecified atom stereocenters. The van der Waals surface area contributed by atoms with E-state index in [1.54, 1.807) is 12.3 Å². The first-order chi connectivity index (χ1) is 8.08. The van der Waals surface area contributed by atoms with Crippen molar-refractivity contribution < 1.29 is 9.90 Å². The summed E-state index contributed by atoms with van der Waals surface area (Å²) in [5.74, 6) is -0.809. The molecule has 88 valence electrons. The first-order valence-corrected chi connectivity index (χ1v) is 5.63. The van der Waals surface area contributed by atoms with Gasteiger partial charge in [0, 0.05) is 17.1 Å². The van der Waals surface area contributed by atoms with Gasteiger partial charge in [0.1, 0.15) is 5.69 Å². The molecule has 2 aromatic rings. The Kier molecular flexibility index (Phi) is 3.20. The fraction of sp³-hybridized carbons (Fsp3) is 0.154. The first-order valence-electron chi connectivity index (χ1n) is 5.25. The third-order valence-electron chi connectivity index (χ3n) is 2.81. The van der Waals surface area contributed by atoms with Gasteiger partial charge < -0.3 is 10.1 Å². The van der Waals surface area contributed by atoms with Crippen LogP contribution in [0.15, 0.2) is 36.5 Å². The second kappa shape index (κ2) is 4.63. The molecule has 0 aliphatic heterocycles. The van der Waals surface area contributed by atoms with Crippen molar-refractivity contribution in [2.75, 3.05) is 0 Å². The number of aromatic nitrogens is 1. The van der Waals surface area contributed by atoms with E-state index >= 15 is 0 Å². The number of aromatic carboxylic acids is 1. The lowest BCUT2D eigenvalue weighted by atomic mass is 9.95. The predicted molar refractivity (Wildman–Crippen MR) is 66.7 cm³/mol. The van der Waals surface area contributed by atoms with E-state index in [0.717, 1.165) is 11.1 Å². The number of halogens is 1. The monoisotopic (exact) mass is 249 g/mol. The Morgan fingerprint density at radius 1 is 1.29 bits per heavy atom. The Morgan fingerprint density at radius 2 is 1.94 bits per heavy atom. The van der Waals surface area contributed by atoms with Crippen molar-refractivity contribution in [1.82, 2.24) is 4.98 Å². The van der Waals surface area contributed by atoms with Crippen molar-refractivity contribution >= 4 is 17.6 Å². The summed E-state index contributed by atoms with van der Waals surface area (Å²) in [6.07, 6.45) is 1.72. The van der Waals surface area contributed by atoms with Gasteiger partial charge in [0.2, 0.25) is 0 Å². The lowest BCUT2D eigenvalue weighted by Gasteiger charge is -2.09. The minimum Gasteiger partial charge on any atom is -0.477 e. The van der Waals surface area contributed by atoms with Crippen LogP contribution >= 0.6 is 11.6 Å². The van der Waals surface area contributed by atoms with E-state index in [0.29, 0.717) is 5.02 Å². The SMILES string of the molecule is CC(c1ccc(Cl)cc1)c1c[nH]c(C(=O)O)c1. The van der Waals surface area contributed by atoms with Gasteiger partial charge in [0.15, 0.2) is 0 Å². The smallest absolute Gasteiger partial charge is 0.352 e. The van der Waals surface area contributed by atoms with Crippen LogP contribution in [0.2, 0.25) is 5.02 Å². The normalized spacial score (nSPS) is 12.4. The molecular weight excluding hydrogens is 238 g/mol. The van der Waals surface area contributed by atoms with E-state index in [4.69, 9.17) is 16.7 Å². The van der Waals surface area contributed by atoms with E-state index in [1.165, 1.54) is 0 Å². The maximum Gasteiger partial charge on any atom is 0.352 e. The largest absolute Gasteiger partial charge is 0.477 e. The first kappa shape index (κ1) is 11.7. The average Bonchev–Trinajstić information content (AvgIpc) is 2.78. The van der Waals surface area contributed by atoms with Crippen LogP contribution in [0, 0.1) is 0 Å². The lowest BCUT2D eigenvalue weighted by Crippen LogP contribution is -1.96. The van der Waals surface area contributed by atoms with Gasteiger partial charge in [-0.3, -0.25) is 0 Å². The van der Waals surface area contributed by atoms with E-state index in [2.05, 4.69) is 4.98 Å². The molecule has 0 aliphatic rings. The highest BCUT2D eigenvalue weighted by molar-refractivity contribution is 6.30. The van der Waals surface area contributed by atoms with Gasteiger partial charge in [-0.15, -0.1) is 0 Å². The van der Waals surface area contributed by atoms with E-state index < -0.39 is 5.97 Å². The van der Waals surface area contributed by atoms with Crippen molar-refractivity contribution in [3.8, 4) is 0 Å². The number of carbonyl (C=O) groups is 1. The Bertz CT molecular complexity index is 531. The maximum absolute atomic E-state index is 10.8. The summed E-state index contributed by atoms with van der Waals surface area (Å²) in [5.41, 5.74) is 2.26. The summed E-state index contributed by atoms with van der Waals surface area (Å²) in [7, 11) is 0. The predicted octanol–water partition coefficient (Wildman–Crippen LogP) is 3.52. The molecule has 1 aromatic carbocycles. The second-order valence-corrected chi connectivity index (χ2v) is 4.36. The molecule has 4 heteroatoms. The van der Waals surface area contributed by atoms with E-state index in [1.807, 2.05) is 31.2 Å². The van der Waals surface area contributed by atoms with Crippen LogP contribution in [0.25, 0.3) is 0 Å². The van der Waals surface area contributed by atoms with E-state index in [-0.39, 0.29) is 11.6 Å². The van der Waals surface area contributed by atoms with Crippen LogP contribution in [0.5, 0.6) is 0 Å². The number of nitrogens with one attached hydrogen (secondary N) is 1. The second-order valence-electron chi connectivity index (χ2n) is 3.93. The number of rotatable bonds is 3. The molecule has 0 fully saturated rings. The van der Waals surface area contributed by atoms with Crippen molar-refractivity contribution in [1.29, 1.82) is 0 Å². The van der Waals surface area contributed by atoms with Gasteiger partial charge >= 0.3 is 5.97 Å². The number of H-pyrrole nitrogens is 1. The highest BCUT2D eigenvalue weighted by Gasteiger charge is 2.12. The number of hydrogen-bond donors (Lipinski definition) is 2. The number of hydrogen-bond acceptors (Lipinski definition) is 1. The molecule has 1 heterocycles.